The van der Waals surface area contributed by atoms with Gasteiger partial charge in [-0.3, -0.25) is 9.59 Å². The minimum atomic E-state index is -0.629. The van der Waals surface area contributed by atoms with Crippen LogP contribution in [0.3, 0.4) is 0 Å². The van der Waals surface area contributed by atoms with Crippen LogP contribution in [0, 0.1) is 0 Å². The van der Waals surface area contributed by atoms with Crippen molar-refractivity contribution in [1.29, 1.82) is 0 Å². The molecule has 1 aliphatic rings. The second-order valence-electron chi connectivity index (χ2n) is 3.85. The van der Waals surface area contributed by atoms with Crippen LogP contribution in [0.2, 0.25) is 0 Å². The Hall–Kier alpha value is -1.16. The number of benzene rings is 1. The molecule has 0 radical (unpaired) electrons. The third kappa shape index (κ3) is 2.32. The maximum Gasteiger partial charge on any atom is 0.235 e. The largest absolute Gasteiger partial charge is 0.355 e. The van der Waals surface area contributed by atoms with Crippen LogP contribution in [-0.2, 0) is 9.59 Å². The average molecular weight is 282 g/mol. The van der Waals surface area contributed by atoms with E-state index in [1.807, 2.05) is 24.3 Å². The van der Waals surface area contributed by atoms with Crippen LogP contribution in [-0.4, -0.2) is 18.2 Å². The van der Waals surface area contributed by atoms with Crippen molar-refractivity contribution >= 4 is 27.6 Å². The van der Waals surface area contributed by atoms with E-state index in [1.54, 1.807) is 0 Å². The number of hydrogen-bond acceptors (Lipinski definition) is 2. The minimum Gasteiger partial charge on any atom is -0.355 e. The van der Waals surface area contributed by atoms with E-state index in [2.05, 4.69) is 21.2 Å². The molecular formula is C12H12BrNO2. The van der Waals surface area contributed by atoms with Crippen molar-refractivity contribution in [3.8, 4) is 0 Å². The number of nitrogens with one attached hydrogen (secondary N) is 1. The predicted molar refractivity (Wildman–Crippen MR) is 64.1 cm³/mol. The molecule has 0 bridgehead atoms. The van der Waals surface area contributed by atoms with Gasteiger partial charge in [0, 0.05) is 17.4 Å². The van der Waals surface area contributed by atoms with E-state index < -0.39 is 5.92 Å². The van der Waals surface area contributed by atoms with Crippen LogP contribution in [0.4, 0.5) is 0 Å². The number of halogens is 1. The Bertz CT molecular complexity index is 396. The zero-order chi connectivity index (χ0) is 11.5. The molecule has 0 spiro atoms. The lowest BCUT2D eigenvalue weighted by Gasteiger charge is -2.12. The number of carbonyl (C=O) groups is 2. The van der Waals surface area contributed by atoms with Gasteiger partial charge >= 0.3 is 0 Å². The maximum atomic E-state index is 11.8. The molecule has 84 valence electrons. The second-order valence-corrected chi connectivity index (χ2v) is 4.76. The Morgan fingerprint density at radius 2 is 1.88 bits per heavy atom. The molecule has 0 aliphatic carbocycles. The van der Waals surface area contributed by atoms with E-state index in [9.17, 15) is 9.59 Å². The first kappa shape index (κ1) is 11.3. The van der Waals surface area contributed by atoms with Gasteiger partial charge in [-0.15, -0.1) is 0 Å². The van der Waals surface area contributed by atoms with Crippen LogP contribution in [0.15, 0.2) is 28.7 Å². The van der Waals surface area contributed by atoms with Crippen molar-refractivity contribution < 1.29 is 9.59 Å². The number of hydrogen-bond donors (Lipinski definition) is 1. The van der Waals surface area contributed by atoms with Crippen molar-refractivity contribution in [2.45, 2.75) is 18.8 Å². The third-order valence-electron chi connectivity index (χ3n) is 2.69. The fraction of sp³-hybridized carbons (Fsp3) is 0.333. The van der Waals surface area contributed by atoms with Gasteiger partial charge < -0.3 is 5.32 Å². The summed E-state index contributed by atoms with van der Waals surface area (Å²) in [6.45, 7) is 0.595. The summed E-state index contributed by atoms with van der Waals surface area (Å²) in [7, 11) is 0. The molecule has 1 saturated heterocycles. The first-order valence-electron chi connectivity index (χ1n) is 5.24. The highest BCUT2D eigenvalue weighted by molar-refractivity contribution is 9.10. The van der Waals surface area contributed by atoms with Crippen LogP contribution in [0.1, 0.15) is 24.3 Å². The molecule has 0 aromatic heterocycles. The monoisotopic (exact) mass is 281 g/mol. The standard InChI is InChI=1S/C12H12BrNO2/c13-9-5-3-8(4-6-9)11-10(15)2-1-7-14-12(11)16/h3-6,11H,1-2,7H2,(H,14,16). The highest BCUT2D eigenvalue weighted by Gasteiger charge is 2.29. The molecular weight excluding hydrogens is 270 g/mol. The number of rotatable bonds is 1. The van der Waals surface area contributed by atoms with Crippen molar-refractivity contribution in [1.82, 2.24) is 5.32 Å². The zero-order valence-electron chi connectivity index (χ0n) is 8.70. The van der Waals surface area contributed by atoms with Gasteiger partial charge in [0.25, 0.3) is 0 Å². The Labute approximate surface area is 102 Å². The fourth-order valence-corrected chi connectivity index (χ4v) is 2.12. The molecule has 16 heavy (non-hydrogen) atoms. The number of amides is 1. The predicted octanol–water partition coefficient (Wildman–Crippen LogP) is 2.01. The van der Waals surface area contributed by atoms with Crippen molar-refractivity contribution in [3.63, 3.8) is 0 Å². The third-order valence-corrected chi connectivity index (χ3v) is 3.22. The van der Waals surface area contributed by atoms with Crippen molar-refractivity contribution in [2.24, 2.45) is 0 Å². The molecule has 1 amide bonds. The Kier molecular flexibility index (Phi) is 3.39. The maximum absolute atomic E-state index is 11.8. The number of carbonyl (C=O) groups excluding carboxylic acids is 2. The quantitative estimate of drug-likeness (QED) is 0.801. The lowest BCUT2D eigenvalue weighted by atomic mass is 9.93. The summed E-state index contributed by atoms with van der Waals surface area (Å²) in [6.07, 6.45) is 1.21. The van der Waals surface area contributed by atoms with Gasteiger partial charge in [0.15, 0.2) is 0 Å². The molecule has 1 atom stereocenters. The van der Waals surface area contributed by atoms with E-state index in [0.717, 1.165) is 16.5 Å². The molecule has 1 aromatic carbocycles. The van der Waals surface area contributed by atoms with Crippen LogP contribution in [0.25, 0.3) is 0 Å². The van der Waals surface area contributed by atoms with Crippen LogP contribution < -0.4 is 5.32 Å². The van der Waals surface area contributed by atoms with E-state index in [4.69, 9.17) is 0 Å². The lowest BCUT2D eigenvalue weighted by molar-refractivity contribution is -0.129. The van der Waals surface area contributed by atoms with Gasteiger partial charge in [0.2, 0.25) is 5.91 Å². The summed E-state index contributed by atoms with van der Waals surface area (Å²) in [4.78, 5) is 23.6. The summed E-state index contributed by atoms with van der Waals surface area (Å²) in [5, 5.41) is 2.77. The summed E-state index contributed by atoms with van der Waals surface area (Å²) in [5.41, 5.74) is 0.771. The Morgan fingerprint density at radius 3 is 2.56 bits per heavy atom. The zero-order valence-corrected chi connectivity index (χ0v) is 10.3. The Balaban J connectivity index is 2.32. The number of Topliss-reactive ketones (excluding diaryl/α,β-unsaturated/α-hetero) is 1. The van der Waals surface area contributed by atoms with Gasteiger partial charge in [0.05, 0.1) is 0 Å². The molecule has 1 fully saturated rings. The fourth-order valence-electron chi connectivity index (χ4n) is 1.86. The number of ketones is 1. The SMILES string of the molecule is O=C1CCCNC(=O)C1c1ccc(Br)cc1. The molecule has 1 aromatic rings. The van der Waals surface area contributed by atoms with Gasteiger partial charge in [-0.05, 0) is 24.1 Å². The molecule has 1 unspecified atom stereocenters. The highest BCUT2D eigenvalue weighted by Crippen LogP contribution is 2.23. The molecule has 2 rings (SSSR count). The molecule has 1 heterocycles. The summed E-state index contributed by atoms with van der Waals surface area (Å²) in [6, 6.07) is 7.33. The van der Waals surface area contributed by atoms with Crippen molar-refractivity contribution in [2.75, 3.05) is 6.54 Å². The highest BCUT2D eigenvalue weighted by atomic mass is 79.9. The normalized spacial score (nSPS) is 21.4. The van der Waals surface area contributed by atoms with Gasteiger partial charge in [-0.1, -0.05) is 28.1 Å². The minimum absolute atomic E-state index is 0.0114. The van der Waals surface area contributed by atoms with Gasteiger partial charge in [-0.2, -0.15) is 0 Å². The topological polar surface area (TPSA) is 46.2 Å². The first-order valence-corrected chi connectivity index (χ1v) is 6.03. The molecule has 1 aliphatic heterocycles. The summed E-state index contributed by atoms with van der Waals surface area (Å²) >= 11 is 3.33. The Morgan fingerprint density at radius 1 is 1.19 bits per heavy atom. The molecule has 1 N–H and O–H groups in total. The average Bonchev–Trinajstić information content (AvgIpc) is 2.42. The van der Waals surface area contributed by atoms with Crippen molar-refractivity contribution in [3.05, 3.63) is 34.3 Å². The van der Waals surface area contributed by atoms with Crippen LogP contribution in [0.5, 0.6) is 0 Å². The first-order chi connectivity index (χ1) is 7.68. The lowest BCUT2D eigenvalue weighted by Crippen LogP contribution is -2.30. The van der Waals surface area contributed by atoms with Gasteiger partial charge in [-0.25, -0.2) is 0 Å². The molecule has 3 nitrogen and oxygen atoms in total. The van der Waals surface area contributed by atoms with E-state index in [-0.39, 0.29) is 11.7 Å². The van der Waals surface area contributed by atoms with Gasteiger partial charge in [0.1, 0.15) is 11.7 Å². The molecule has 0 saturated carbocycles. The second kappa shape index (κ2) is 4.78. The van der Waals surface area contributed by atoms with Crippen LogP contribution >= 0.6 is 15.9 Å². The summed E-state index contributed by atoms with van der Waals surface area (Å²) in [5.74, 6) is -0.794. The van der Waals surface area contributed by atoms with E-state index in [0.29, 0.717) is 13.0 Å². The summed E-state index contributed by atoms with van der Waals surface area (Å²) < 4.78 is 0.942. The smallest absolute Gasteiger partial charge is 0.235 e. The van der Waals surface area contributed by atoms with E-state index in [1.165, 1.54) is 0 Å². The van der Waals surface area contributed by atoms with E-state index >= 15 is 0 Å². The molecule has 4 heteroatoms.